The molecule has 0 saturated carbocycles. The molecule has 3 aromatic carbocycles. The van der Waals surface area contributed by atoms with Crippen molar-refractivity contribution in [2.45, 2.75) is 6.54 Å². The maximum absolute atomic E-state index is 13.4. The van der Waals surface area contributed by atoms with Gasteiger partial charge in [0.1, 0.15) is 0 Å². The molecule has 1 fully saturated rings. The van der Waals surface area contributed by atoms with Gasteiger partial charge in [-0.15, -0.1) is 0 Å². The van der Waals surface area contributed by atoms with Crippen LogP contribution in [0.2, 0.25) is 0 Å². The Kier molecular flexibility index (Phi) is 7.15. The molecule has 0 spiro atoms. The molecule has 0 radical (unpaired) electrons. The number of benzene rings is 3. The zero-order valence-electron chi connectivity index (χ0n) is 19.4. The quantitative estimate of drug-likeness (QED) is 0.541. The summed E-state index contributed by atoms with van der Waals surface area (Å²) in [6.45, 7) is 3.65. The lowest BCUT2D eigenvalue weighted by molar-refractivity contribution is 0.0628. The van der Waals surface area contributed by atoms with Crippen molar-refractivity contribution in [2.24, 2.45) is 0 Å². The third kappa shape index (κ3) is 4.81. The Bertz CT molecular complexity index is 1090. The average Bonchev–Trinajstić information content (AvgIpc) is 2.88. The SMILES string of the molecule is COc1ccc(CN2CCN(C(=O)c3ccccc3-c3ccccc3)CC2)c(OC)c1OC. The van der Waals surface area contributed by atoms with Gasteiger partial charge >= 0.3 is 0 Å². The van der Waals surface area contributed by atoms with Crippen molar-refractivity contribution >= 4 is 5.91 Å². The van der Waals surface area contributed by atoms with Gasteiger partial charge in [0.25, 0.3) is 5.91 Å². The average molecular weight is 447 g/mol. The molecule has 0 atom stereocenters. The predicted octanol–water partition coefficient (Wildman–Crippen LogP) is 4.34. The van der Waals surface area contributed by atoms with Gasteiger partial charge in [0, 0.05) is 43.9 Å². The zero-order valence-corrected chi connectivity index (χ0v) is 19.4. The summed E-state index contributed by atoms with van der Waals surface area (Å²) in [7, 11) is 4.87. The number of piperazine rings is 1. The first-order valence-electron chi connectivity index (χ1n) is 11.1. The number of rotatable bonds is 7. The Balaban J connectivity index is 1.45. The van der Waals surface area contributed by atoms with Gasteiger partial charge in [0.05, 0.1) is 21.3 Å². The fraction of sp³-hybridized carbons (Fsp3) is 0.296. The van der Waals surface area contributed by atoms with E-state index in [9.17, 15) is 4.79 Å². The summed E-state index contributed by atoms with van der Waals surface area (Å²) >= 11 is 0. The molecule has 0 unspecified atom stereocenters. The molecule has 4 rings (SSSR count). The number of carbonyl (C=O) groups is 1. The minimum absolute atomic E-state index is 0.0813. The van der Waals surface area contributed by atoms with E-state index in [1.165, 1.54) is 0 Å². The number of amides is 1. The third-order valence-corrected chi connectivity index (χ3v) is 6.08. The maximum Gasteiger partial charge on any atom is 0.254 e. The highest BCUT2D eigenvalue weighted by molar-refractivity contribution is 6.01. The molecule has 1 amide bonds. The molecule has 3 aromatic rings. The highest BCUT2D eigenvalue weighted by atomic mass is 16.5. The van der Waals surface area contributed by atoms with Crippen molar-refractivity contribution in [3.05, 3.63) is 77.9 Å². The van der Waals surface area contributed by atoms with Crippen LogP contribution >= 0.6 is 0 Å². The molecule has 0 aromatic heterocycles. The Labute approximate surface area is 195 Å². The molecule has 33 heavy (non-hydrogen) atoms. The van der Waals surface area contributed by atoms with Gasteiger partial charge in [-0.1, -0.05) is 54.6 Å². The molecule has 1 heterocycles. The second kappa shape index (κ2) is 10.4. The summed E-state index contributed by atoms with van der Waals surface area (Å²) in [6, 6.07) is 21.8. The fourth-order valence-corrected chi connectivity index (χ4v) is 4.35. The van der Waals surface area contributed by atoms with E-state index in [-0.39, 0.29) is 5.91 Å². The van der Waals surface area contributed by atoms with Gasteiger partial charge in [0.15, 0.2) is 11.5 Å². The minimum Gasteiger partial charge on any atom is -0.493 e. The van der Waals surface area contributed by atoms with Crippen LogP contribution in [-0.2, 0) is 6.54 Å². The molecule has 0 aliphatic carbocycles. The highest BCUT2D eigenvalue weighted by Gasteiger charge is 2.25. The van der Waals surface area contributed by atoms with Crippen molar-refractivity contribution < 1.29 is 19.0 Å². The molecular formula is C27H30N2O4. The summed E-state index contributed by atoms with van der Waals surface area (Å²) in [6.07, 6.45) is 0. The molecule has 6 heteroatoms. The first kappa shape index (κ1) is 22.7. The van der Waals surface area contributed by atoms with Gasteiger partial charge in [-0.25, -0.2) is 0 Å². The van der Waals surface area contributed by atoms with Crippen LogP contribution in [0.4, 0.5) is 0 Å². The van der Waals surface area contributed by atoms with Gasteiger partial charge in [-0.3, -0.25) is 9.69 Å². The van der Waals surface area contributed by atoms with E-state index < -0.39 is 0 Å². The second-order valence-corrected chi connectivity index (χ2v) is 7.97. The highest BCUT2D eigenvalue weighted by Crippen LogP contribution is 2.40. The van der Waals surface area contributed by atoms with Crippen molar-refractivity contribution in [1.82, 2.24) is 9.80 Å². The monoisotopic (exact) mass is 446 g/mol. The molecule has 1 aliphatic rings. The lowest BCUT2D eigenvalue weighted by Gasteiger charge is -2.35. The smallest absolute Gasteiger partial charge is 0.254 e. The van der Waals surface area contributed by atoms with E-state index in [1.807, 2.05) is 71.6 Å². The molecule has 1 aliphatic heterocycles. The van der Waals surface area contributed by atoms with Gasteiger partial charge < -0.3 is 19.1 Å². The van der Waals surface area contributed by atoms with E-state index in [2.05, 4.69) is 4.90 Å². The Morgan fingerprint density at radius 2 is 1.42 bits per heavy atom. The largest absolute Gasteiger partial charge is 0.493 e. The van der Waals surface area contributed by atoms with Gasteiger partial charge in [-0.05, 0) is 23.3 Å². The van der Waals surface area contributed by atoms with Crippen LogP contribution in [0.3, 0.4) is 0 Å². The van der Waals surface area contributed by atoms with Crippen LogP contribution in [0.15, 0.2) is 66.7 Å². The normalized spacial score (nSPS) is 14.1. The van der Waals surface area contributed by atoms with Gasteiger partial charge in [0.2, 0.25) is 5.75 Å². The number of methoxy groups -OCH3 is 3. The number of hydrogen-bond acceptors (Lipinski definition) is 5. The number of hydrogen-bond donors (Lipinski definition) is 0. The van der Waals surface area contributed by atoms with Gasteiger partial charge in [-0.2, -0.15) is 0 Å². The predicted molar refractivity (Wildman–Crippen MR) is 129 cm³/mol. The van der Waals surface area contributed by atoms with Crippen molar-refractivity contribution in [2.75, 3.05) is 47.5 Å². The van der Waals surface area contributed by atoms with Crippen LogP contribution in [0, 0.1) is 0 Å². The van der Waals surface area contributed by atoms with E-state index in [4.69, 9.17) is 14.2 Å². The van der Waals surface area contributed by atoms with E-state index >= 15 is 0 Å². The molecule has 6 nitrogen and oxygen atoms in total. The summed E-state index contributed by atoms with van der Waals surface area (Å²) in [4.78, 5) is 17.6. The number of ether oxygens (including phenoxy) is 3. The summed E-state index contributed by atoms with van der Waals surface area (Å²) < 4.78 is 16.5. The molecular weight excluding hydrogens is 416 g/mol. The van der Waals surface area contributed by atoms with Crippen LogP contribution in [0.1, 0.15) is 15.9 Å². The molecule has 0 N–H and O–H groups in total. The Morgan fingerprint density at radius 3 is 2.09 bits per heavy atom. The standard InChI is InChI=1S/C27H30N2O4/c1-31-24-14-13-21(25(32-2)26(24)33-3)19-28-15-17-29(18-16-28)27(30)23-12-8-7-11-22(23)20-9-5-4-6-10-20/h4-14H,15-19H2,1-3H3. The first-order valence-corrected chi connectivity index (χ1v) is 11.1. The summed E-state index contributed by atoms with van der Waals surface area (Å²) in [5.74, 6) is 2.01. The van der Waals surface area contributed by atoms with E-state index in [0.29, 0.717) is 36.9 Å². The Morgan fingerprint density at radius 1 is 0.758 bits per heavy atom. The summed E-state index contributed by atoms with van der Waals surface area (Å²) in [5, 5.41) is 0. The molecule has 1 saturated heterocycles. The second-order valence-electron chi connectivity index (χ2n) is 7.97. The van der Waals surface area contributed by atoms with Crippen LogP contribution in [-0.4, -0.2) is 63.2 Å². The molecule has 0 bridgehead atoms. The summed E-state index contributed by atoms with van der Waals surface area (Å²) in [5.41, 5.74) is 3.81. The topological polar surface area (TPSA) is 51.2 Å². The van der Waals surface area contributed by atoms with Crippen LogP contribution in [0.25, 0.3) is 11.1 Å². The molecule has 172 valence electrons. The van der Waals surface area contributed by atoms with E-state index in [1.54, 1.807) is 21.3 Å². The number of nitrogens with zero attached hydrogens (tertiary/aromatic N) is 2. The Hall–Kier alpha value is -3.51. The van der Waals surface area contributed by atoms with Crippen molar-refractivity contribution in [3.8, 4) is 28.4 Å². The van der Waals surface area contributed by atoms with E-state index in [0.717, 1.165) is 35.3 Å². The first-order chi connectivity index (χ1) is 16.2. The maximum atomic E-state index is 13.4. The van der Waals surface area contributed by atoms with Crippen LogP contribution < -0.4 is 14.2 Å². The fourth-order valence-electron chi connectivity index (χ4n) is 4.35. The lowest BCUT2D eigenvalue weighted by Crippen LogP contribution is -2.48. The van der Waals surface area contributed by atoms with Crippen molar-refractivity contribution in [3.63, 3.8) is 0 Å². The van der Waals surface area contributed by atoms with Crippen molar-refractivity contribution in [1.29, 1.82) is 0 Å². The van der Waals surface area contributed by atoms with Crippen LogP contribution in [0.5, 0.6) is 17.2 Å². The third-order valence-electron chi connectivity index (χ3n) is 6.08. The zero-order chi connectivity index (χ0) is 23.2. The minimum atomic E-state index is 0.0813. The number of carbonyl (C=O) groups excluding carboxylic acids is 1. The lowest BCUT2D eigenvalue weighted by atomic mass is 9.98.